The molecule has 0 unspecified atom stereocenters. The number of amides is 1. The maximum absolute atomic E-state index is 11.2. The summed E-state index contributed by atoms with van der Waals surface area (Å²) in [6, 6.07) is 9.58. The molecule has 15 heavy (non-hydrogen) atoms. The van der Waals surface area contributed by atoms with Gasteiger partial charge in [0.05, 0.1) is 6.67 Å². The predicted molar refractivity (Wildman–Crippen MR) is 58.3 cm³/mol. The van der Waals surface area contributed by atoms with Crippen molar-refractivity contribution in [1.29, 1.82) is 0 Å². The number of carbonyl (C=O) groups is 1. The van der Waals surface area contributed by atoms with Crippen molar-refractivity contribution in [2.45, 2.75) is 6.61 Å². The first-order valence-corrected chi connectivity index (χ1v) is 4.78. The van der Waals surface area contributed by atoms with Crippen molar-refractivity contribution in [3.05, 3.63) is 35.9 Å². The van der Waals surface area contributed by atoms with Crippen LogP contribution < -0.4 is 5.32 Å². The second-order valence-electron chi connectivity index (χ2n) is 3.48. The Bertz CT molecular complexity index is 299. The summed E-state index contributed by atoms with van der Waals surface area (Å²) in [5.41, 5.74) is 0.984. The Balaban J connectivity index is 2.23. The van der Waals surface area contributed by atoms with Crippen molar-refractivity contribution in [1.82, 2.24) is 10.2 Å². The molecule has 1 amide bonds. The summed E-state index contributed by atoms with van der Waals surface area (Å²) in [5.74, 6) is 0. The molecule has 0 bridgehead atoms. The molecule has 0 aromatic heterocycles. The molecule has 4 heteroatoms. The number of hydrogen-bond acceptors (Lipinski definition) is 3. The van der Waals surface area contributed by atoms with Crippen molar-refractivity contribution in [3.8, 4) is 0 Å². The highest BCUT2D eigenvalue weighted by atomic mass is 16.5. The number of alkyl carbamates (subject to hydrolysis) is 1. The standard InChI is InChI=1S/C11H16N2O2/c1-13(2)9-12-11(14)15-8-10-6-4-3-5-7-10/h3-7H,8-9H2,1-2H3,(H,12,14). The number of hydrogen-bond donors (Lipinski definition) is 1. The highest BCUT2D eigenvalue weighted by Crippen LogP contribution is 2.00. The fourth-order valence-corrected chi connectivity index (χ4v) is 0.997. The summed E-state index contributed by atoms with van der Waals surface area (Å²) < 4.78 is 5.00. The van der Waals surface area contributed by atoms with Crippen molar-refractivity contribution in [2.24, 2.45) is 0 Å². The molecule has 0 saturated carbocycles. The van der Waals surface area contributed by atoms with Gasteiger partial charge in [-0.2, -0.15) is 0 Å². The molecule has 0 spiro atoms. The Morgan fingerprint density at radius 1 is 1.33 bits per heavy atom. The highest BCUT2D eigenvalue weighted by molar-refractivity contribution is 5.66. The van der Waals surface area contributed by atoms with Crippen LogP contribution >= 0.6 is 0 Å². The van der Waals surface area contributed by atoms with Crippen LogP contribution in [0.2, 0.25) is 0 Å². The lowest BCUT2D eigenvalue weighted by Gasteiger charge is -2.11. The maximum Gasteiger partial charge on any atom is 0.408 e. The molecule has 0 radical (unpaired) electrons. The van der Waals surface area contributed by atoms with Gasteiger partial charge in [-0.25, -0.2) is 4.79 Å². The van der Waals surface area contributed by atoms with E-state index in [4.69, 9.17) is 4.74 Å². The second-order valence-corrected chi connectivity index (χ2v) is 3.48. The van der Waals surface area contributed by atoms with E-state index < -0.39 is 6.09 Å². The van der Waals surface area contributed by atoms with E-state index in [-0.39, 0.29) is 0 Å². The Morgan fingerprint density at radius 3 is 2.60 bits per heavy atom. The molecular formula is C11H16N2O2. The minimum Gasteiger partial charge on any atom is -0.445 e. The van der Waals surface area contributed by atoms with Crippen LogP contribution in [-0.2, 0) is 11.3 Å². The number of nitrogens with one attached hydrogen (secondary N) is 1. The number of nitrogens with zero attached hydrogens (tertiary/aromatic N) is 1. The molecule has 4 nitrogen and oxygen atoms in total. The van der Waals surface area contributed by atoms with Gasteiger partial charge in [-0.3, -0.25) is 4.90 Å². The van der Waals surface area contributed by atoms with Gasteiger partial charge in [0.2, 0.25) is 0 Å². The lowest BCUT2D eigenvalue weighted by atomic mass is 10.2. The molecule has 0 atom stereocenters. The molecule has 1 rings (SSSR count). The number of rotatable bonds is 4. The van der Waals surface area contributed by atoms with Crippen LogP contribution in [0.4, 0.5) is 4.79 Å². The Hall–Kier alpha value is -1.55. The first-order chi connectivity index (χ1) is 7.18. The molecule has 82 valence electrons. The predicted octanol–water partition coefficient (Wildman–Crippen LogP) is 1.43. The van der Waals surface area contributed by atoms with E-state index in [9.17, 15) is 4.79 Å². The van der Waals surface area contributed by atoms with Gasteiger partial charge in [-0.15, -0.1) is 0 Å². The zero-order valence-corrected chi connectivity index (χ0v) is 9.06. The molecular weight excluding hydrogens is 192 g/mol. The summed E-state index contributed by atoms with van der Waals surface area (Å²) in [6.07, 6.45) is -0.396. The summed E-state index contributed by atoms with van der Waals surface area (Å²) >= 11 is 0. The number of benzene rings is 1. The molecule has 0 aliphatic heterocycles. The maximum atomic E-state index is 11.2. The van der Waals surface area contributed by atoms with Crippen LogP contribution in [0.1, 0.15) is 5.56 Å². The zero-order valence-electron chi connectivity index (χ0n) is 9.06. The molecule has 0 heterocycles. The highest BCUT2D eigenvalue weighted by Gasteiger charge is 2.01. The average molecular weight is 208 g/mol. The van der Waals surface area contributed by atoms with E-state index in [0.717, 1.165) is 5.56 Å². The van der Waals surface area contributed by atoms with E-state index in [1.807, 2.05) is 49.3 Å². The summed E-state index contributed by atoms with van der Waals surface area (Å²) in [5, 5.41) is 2.62. The summed E-state index contributed by atoms with van der Waals surface area (Å²) in [4.78, 5) is 13.0. The lowest BCUT2D eigenvalue weighted by Crippen LogP contribution is -2.33. The van der Waals surface area contributed by atoms with Crippen molar-refractivity contribution in [2.75, 3.05) is 20.8 Å². The van der Waals surface area contributed by atoms with Crippen LogP contribution in [0, 0.1) is 0 Å². The Labute approximate surface area is 89.8 Å². The third-order valence-electron chi connectivity index (χ3n) is 1.75. The van der Waals surface area contributed by atoms with Gasteiger partial charge in [0.15, 0.2) is 0 Å². The second kappa shape index (κ2) is 6.03. The van der Waals surface area contributed by atoms with E-state index in [1.54, 1.807) is 0 Å². The number of ether oxygens (including phenoxy) is 1. The van der Waals surface area contributed by atoms with Gasteiger partial charge in [0.1, 0.15) is 6.61 Å². The third-order valence-corrected chi connectivity index (χ3v) is 1.75. The van der Waals surface area contributed by atoms with Crippen molar-refractivity contribution >= 4 is 6.09 Å². The molecule has 0 fully saturated rings. The van der Waals surface area contributed by atoms with Gasteiger partial charge in [0, 0.05) is 0 Å². The van der Waals surface area contributed by atoms with E-state index in [2.05, 4.69) is 5.32 Å². The molecule has 1 aromatic rings. The number of carbonyl (C=O) groups excluding carboxylic acids is 1. The molecule has 0 aliphatic rings. The van der Waals surface area contributed by atoms with E-state index in [1.165, 1.54) is 0 Å². The molecule has 1 aromatic carbocycles. The van der Waals surface area contributed by atoms with Crippen LogP contribution in [0.15, 0.2) is 30.3 Å². The monoisotopic (exact) mass is 208 g/mol. The fourth-order valence-electron chi connectivity index (χ4n) is 0.997. The molecule has 0 saturated heterocycles. The van der Waals surface area contributed by atoms with E-state index >= 15 is 0 Å². The first-order valence-electron chi connectivity index (χ1n) is 4.78. The average Bonchev–Trinajstić information content (AvgIpc) is 2.25. The quantitative estimate of drug-likeness (QED) is 0.761. The topological polar surface area (TPSA) is 41.6 Å². The Morgan fingerprint density at radius 2 is 2.00 bits per heavy atom. The third kappa shape index (κ3) is 5.02. The van der Waals surface area contributed by atoms with Gasteiger partial charge in [-0.05, 0) is 19.7 Å². The minimum atomic E-state index is -0.396. The van der Waals surface area contributed by atoms with Gasteiger partial charge in [-0.1, -0.05) is 30.3 Å². The van der Waals surface area contributed by atoms with E-state index in [0.29, 0.717) is 13.3 Å². The van der Waals surface area contributed by atoms with Crippen molar-refractivity contribution in [3.63, 3.8) is 0 Å². The summed E-state index contributed by atoms with van der Waals surface area (Å²) in [7, 11) is 3.74. The van der Waals surface area contributed by atoms with Gasteiger partial charge < -0.3 is 10.1 Å². The SMILES string of the molecule is CN(C)CNC(=O)OCc1ccccc1. The summed E-state index contributed by atoms with van der Waals surface area (Å²) in [6.45, 7) is 0.785. The smallest absolute Gasteiger partial charge is 0.408 e. The Kier molecular flexibility index (Phi) is 4.63. The van der Waals surface area contributed by atoms with Crippen molar-refractivity contribution < 1.29 is 9.53 Å². The van der Waals surface area contributed by atoms with Crippen LogP contribution in [0.3, 0.4) is 0 Å². The first kappa shape index (κ1) is 11.5. The molecule has 0 aliphatic carbocycles. The minimum absolute atomic E-state index is 0.306. The van der Waals surface area contributed by atoms with Crippen LogP contribution in [0.25, 0.3) is 0 Å². The van der Waals surface area contributed by atoms with Gasteiger partial charge >= 0.3 is 6.09 Å². The fraction of sp³-hybridized carbons (Fsp3) is 0.364. The van der Waals surface area contributed by atoms with Crippen LogP contribution in [-0.4, -0.2) is 31.8 Å². The van der Waals surface area contributed by atoms with Crippen LogP contribution in [0.5, 0.6) is 0 Å². The zero-order chi connectivity index (χ0) is 11.1. The normalized spacial score (nSPS) is 10.1. The largest absolute Gasteiger partial charge is 0.445 e. The lowest BCUT2D eigenvalue weighted by molar-refractivity contribution is 0.135. The molecule has 1 N–H and O–H groups in total. The van der Waals surface area contributed by atoms with Gasteiger partial charge in [0.25, 0.3) is 0 Å².